The van der Waals surface area contributed by atoms with Crippen molar-refractivity contribution >= 4 is 38.3 Å². The van der Waals surface area contributed by atoms with Gasteiger partial charge in [-0.2, -0.15) is 0 Å². The summed E-state index contributed by atoms with van der Waals surface area (Å²) in [5.41, 5.74) is 0. The molecule has 0 bridgehead atoms. The van der Waals surface area contributed by atoms with E-state index in [0.717, 1.165) is 6.42 Å². The van der Waals surface area contributed by atoms with Gasteiger partial charge in [-0.15, -0.1) is 0 Å². The lowest BCUT2D eigenvalue weighted by Gasteiger charge is -1.96. The van der Waals surface area contributed by atoms with Crippen LogP contribution in [0.3, 0.4) is 0 Å². The van der Waals surface area contributed by atoms with Crippen molar-refractivity contribution in [1.29, 1.82) is 0 Å². The van der Waals surface area contributed by atoms with Gasteiger partial charge in [0.1, 0.15) is 0 Å². The highest BCUT2D eigenvalue weighted by Crippen LogP contribution is 2.56. The van der Waals surface area contributed by atoms with Crippen LogP contribution in [0.25, 0.3) is 0 Å². The van der Waals surface area contributed by atoms with Crippen LogP contribution >= 0.6 is 31.9 Å². The Morgan fingerprint density at radius 2 is 2.33 bits per heavy atom. The number of alkyl halides is 2. The molecule has 0 aliphatic heterocycles. The molecule has 0 unspecified atom stereocenters. The maximum atomic E-state index is 9.70. The van der Waals surface area contributed by atoms with Crippen LogP contribution in [0.4, 0.5) is 0 Å². The van der Waals surface area contributed by atoms with Crippen molar-refractivity contribution in [2.24, 2.45) is 5.92 Å². The van der Waals surface area contributed by atoms with Gasteiger partial charge in [-0.25, -0.2) is 0 Å². The second-order valence-corrected chi connectivity index (χ2v) is 5.99. The largest absolute Gasteiger partial charge is 0.468 e. The first kappa shape index (κ1) is 7.54. The zero-order chi connectivity index (χ0) is 6.91. The fourth-order valence-corrected chi connectivity index (χ4v) is 1.65. The molecule has 1 saturated carbocycles. The van der Waals surface area contributed by atoms with Gasteiger partial charge in [-0.05, 0) is 6.42 Å². The van der Waals surface area contributed by atoms with Crippen LogP contribution in [0.2, 0.25) is 0 Å². The molecule has 0 radical (unpaired) electrons. The van der Waals surface area contributed by atoms with Gasteiger partial charge < -0.3 is 4.74 Å². The summed E-state index contributed by atoms with van der Waals surface area (Å²) in [6.07, 6.45) is 1.03. The maximum Gasteiger partial charge on any atom is 0.293 e. The van der Waals surface area contributed by atoms with E-state index in [1.54, 1.807) is 0 Å². The van der Waals surface area contributed by atoms with Crippen LogP contribution in [-0.4, -0.2) is 16.3 Å². The number of hydrogen-bond acceptors (Lipinski definition) is 2. The Hall–Kier alpha value is 0.430. The Bertz CT molecular complexity index is 124. The normalized spacial score (nSPS) is 29.3. The lowest BCUT2D eigenvalue weighted by Crippen LogP contribution is -1.98. The van der Waals surface area contributed by atoms with Crippen LogP contribution in [0, 0.1) is 5.92 Å². The van der Waals surface area contributed by atoms with Crippen molar-refractivity contribution in [3.63, 3.8) is 0 Å². The van der Waals surface area contributed by atoms with Crippen LogP contribution in [0.15, 0.2) is 0 Å². The van der Waals surface area contributed by atoms with E-state index in [4.69, 9.17) is 0 Å². The zero-order valence-electron chi connectivity index (χ0n) is 4.64. The summed E-state index contributed by atoms with van der Waals surface area (Å²) in [6.45, 7) is 0.994. The van der Waals surface area contributed by atoms with Crippen molar-refractivity contribution in [1.82, 2.24) is 0 Å². The van der Waals surface area contributed by atoms with Crippen molar-refractivity contribution in [3.8, 4) is 0 Å². The van der Waals surface area contributed by atoms with Crippen LogP contribution < -0.4 is 0 Å². The highest BCUT2D eigenvalue weighted by molar-refractivity contribution is 9.25. The lowest BCUT2D eigenvalue weighted by atomic mass is 10.5. The first-order chi connectivity index (χ1) is 4.17. The first-order valence-corrected chi connectivity index (χ1v) is 4.18. The van der Waals surface area contributed by atoms with Gasteiger partial charge in [0.05, 0.1) is 9.84 Å². The second kappa shape index (κ2) is 2.58. The predicted molar refractivity (Wildman–Crippen MR) is 40.7 cm³/mol. The summed E-state index contributed by atoms with van der Waals surface area (Å²) in [5.74, 6) is 0.447. The molecule has 1 aliphatic rings. The molecular formula is C5H6Br2O2. The quantitative estimate of drug-likeness (QED) is 0.568. The van der Waals surface area contributed by atoms with E-state index in [1.165, 1.54) is 0 Å². The Kier molecular flexibility index (Phi) is 2.16. The van der Waals surface area contributed by atoms with Gasteiger partial charge in [0.25, 0.3) is 6.47 Å². The minimum absolute atomic E-state index is 0.0585. The minimum atomic E-state index is 0.0585. The van der Waals surface area contributed by atoms with Crippen LogP contribution in [0.1, 0.15) is 6.42 Å². The molecule has 0 aromatic rings. The topological polar surface area (TPSA) is 26.3 Å². The van der Waals surface area contributed by atoms with Gasteiger partial charge in [0.2, 0.25) is 0 Å². The number of rotatable bonds is 3. The van der Waals surface area contributed by atoms with E-state index in [1.807, 2.05) is 0 Å². The fourth-order valence-electron chi connectivity index (χ4n) is 0.606. The Morgan fingerprint density at radius 1 is 1.78 bits per heavy atom. The maximum absolute atomic E-state index is 9.70. The summed E-state index contributed by atoms with van der Waals surface area (Å²) in [5, 5.41) is 0. The molecule has 0 N–H and O–H groups in total. The average molecular weight is 258 g/mol. The standard InChI is InChI=1S/C5H6Br2O2/c6-5(7)1-4(5)2-9-3-8/h3-4H,1-2H2/t4-/m0/s1. The molecule has 0 spiro atoms. The Balaban J connectivity index is 2.12. The molecule has 52 valence electrons. The van der Waals surface area contributed by atoms with Gasteiger partial charge in [-0.1, -0.05) is 31.9 Å². The summed E-state index contributed by atoms with van der Waals surface area (Å²) >= 11 is 6.81. The molecule has 1 fully saturated rings. The second-order valence-electron chi connectivity index (χ2n) is 2.09. The molecule has 0 saturated heterocycles. The monoisotopic (exact) mass is 256 g/mol. The Morgan fingerprint density at radius 3 is 2.67 bits per heavy atom. The van der Waals surface area contributed by atoms with Crippen molar-refractivity contribution in [2.45, 2.75) is 9.65 Å². The van der Waals surface area contributed by atoms with Gasteiger partial charge in [-0.3, -0.25) is 4.79 Å². The van der Waals surface area contributed by atoms with E-state index in [2.05, 4.69) is 36.6 Å². The van der Waals surface area contributed by atoms with E-state index in [9.17, 15) is 4.79 Å². The van der Waals surface area contributed by atoms with E-state index in [0.29, 0.717) is 19.0 Å². The Labute approximate surface area is 70.2 Å². The first-order valence-electron chi connectivity index (χ1n) is 2.60. The lowest BCUT2D eigenvalue weighted by molar-refractivity contribution is -0.129. The SMILES string of the molecule is O=COC[C@@H]1CC1(Br)Br. The highest BCUT2D eigenvalue weighted by Gasteiger charge is 2.50. The molecular weight excluding hydrogens is 252 g/mol. The molecule has 0 amide bonds. The van der Waals surface area contributed by atoms with Gasteiger partial charge >= 0.3 is 0 Å². The third-order valence-electron chi connectivity index (χ3n) is 1.32. The van der Waals surface area contributed by atoms with E-state index in [-0.39, 0.29) is 3.23 Å². The molecule has 1 rings (SSSR count). The smallest absolute Gasteiger partial charge is 0.293 e. The molecule has 0 aromatic heterocycles. The predicted octanol–water partition coefficient (Wildman–Crippen LogP) is 1.67. The van der Waals surface area contributed by atoms with E-state index < -0.39 is 0 Å². The third-order valence-corrected chi connectivity index (χ3v) is 3.26. The molecule has 1 atom stereocenters. The number of carbonyl (C=O) groups is 1. The van der Waals surface area contributed by atoms with Crippen molar-refractivity contribution in [3.05, 3.63) is 0 Å². The fraction of sp³-hybridized carbons (Fsp3) is 0.800. The van der Waals surface area contributed by atoms with Crippen molar-refractivity contribution in [2.75, 3.05) is 6.61 Å². The van der Waals surface area contributed by atoms with Gasteiger partial charge in [0.15, 0.2) is 0 Å². The number of hydrogen-bond donors (Lipinski definition) is 0. The van der Waals surface area contributed by atoms with Gasteiger partial charge in [0, 0.05) is 5.92 Å². The molecule has 4 heteroatoms. The number of carbonyl (C=O) groups excluding carboxylic acids is 1. The summed E-state index contributed by atoms with van der Waals surface area (Å²) < 4.78 is 4.61. The summed E-state index contributed by atoms with van der Waals surface area (Å²) in [4.78, 5) is 9.70. The minimum Gasteiger partial charge on any atom is -0.468 e. The molecule has 9 heavy (non-hydrogen) atoms. The molecule has 0 heterocycles. The summed E-state index contributed by atoms with van der Waals surface area (Å²) in [7, 11) is 0. The van der Waals surface area contributed by atoms with Crippen LogP contribution in [-0.2, 0) is 9.53 Å². The molecule has 1 aliphatic carbocycles. The number of ether oxygens (including phenoxy) is 1. The summed E-state index contributed by atoms with van der Waals surface area (Å²) in [6, 6.07) is 0. The van der Waals surface area contributed by atoms with Crippen LogP contribution in [0.5, 0.6) is 0 Å². The van der Waals surface area contributed by atoms with Crippen molar-refractivity contribution < 1.29 is 9.53 Å². The third kappa shape index (κ3) is 1.93. The van der Waals surface area contributed by atoms with E-state index >= 15 is 0 Å². The zero-order valence-corrected chi connectivity index (χ0v) is 7.81. The highest BCUT2D eigenvalue weighted by atomic mass is 79.9. The number of halogens is 2. The molecule has 0 aromatic carbocycles. The average Bonchev–Trinajstić information content (AvgIpc) is 2.35. The molecule has 2 nitrogen and oxygen atoms in total.